The normalized spacial score (nSPS) is 23.1. The van der Waals surface area contributed by atoms with Crippen LogP contribution in [0.5, 0.6) is 11.5 Å². The van der Waals surface area contributed by atoms with Crippen LogP contribution in [0.15, 0.2) is 23.2 Å². The standard InChI is InChI=1S/C16H25N5O2/c1-3-17-16(19-8-13-9-20-21-11(13)2)18-7-12-4-5-14-15(6-12)23-10-22-14/h4-6,11,13,20-21H,3,7-10H2,1-2H3,(H2,17,18,19). The van der Waals surface area contributed by atoms with Crippen molar-refractivity contribution in [3.63, 3.8) is 0 Å². The molecule has 0 amide bonds. The van der Waals surface area contributed by atoms with Crippen molar-refractivity contribution in [3.05, 3.63) is 23.8 Å². The van der Waals surface area contributed by atoms with Gasteiger partial charge in [0.05, 0.1) is 6.54 Å². The van der Waals surface area contributed by atoms with Crippen molar-refractivity contribution >= 4 is 5.96 Å². The molecular weight excluding hydrogens is 294 g/mol. The predicted octanol–water partition coefficient (Wildman–Crippen LogP) is 0.583. The second kappa shape index (κ2) is 7.52. The van der Waals surface area contributed by atoms with E-state index >= 15 is 0 Å². The van der Waals surface area contributed by atoms with Crippen LogP contribution in [0.25, 0.3) is 0 Å². The molecule has 0 spiro atoms. The maximum Gasteiger partial charge on any atom is 0.231 e. The van der Waals surface area contributed by atoms with Crippen molar-refractivity contribution in [1.82, 2.24) is 21.5 Å². The third-order valence-electron chi connectivity index (χ3n) is 4.13. The Kier molecular flexibility index (Phi) is 5.19. The van der Waals surface area contributed by atoms with Crippen LogP contribution < -0.4 is 31.0 Å². The number of nitrogens with zero attached hydrogens (tertiary/aromatic N) is 1. The summed E-state index contributed by atoms with van der Waals surface area (Å²) in [7, 11) is 0. The van der Waals surface area contributed by atoms with E-state index in [0.29, 0.717) is 25.3 Å². The van der Waals surface area contributed by atoms with Crippen molar-refractivity contribution in [2.24, 2.45) is 10.9 Å². The molecule has 2 aliphatic rings. The van der Waals surface area contributed by atoms with E-state index in [2.05, 4.69) is 40.3 Å². The Morgan fingerprint density at radius 1 is 1.30 bits per heavy atom. The van der Waals surface area contributed by atoms with Crippen LogP contribution in [0.2, 0.25) is 0 Å². The molecule has 1 fully saturated rings. The van der Waals surface area contributed by atoms with Crippen molar-refractivity contribution in [2.75, 3.05) is 26.4 Å². The summed E-state index contributed by atoms with van der Waals surface area (Å²) in [4.78, 5) is 4.65. The van der Waals surface area contributed by atoms with Crippen LogP contribution in [0.3, 0.4) is 0 Å². The highest BCUT2D eigenvalue weighted by Gasteiger charge is 2.22. The first-order chi connectivity index (χ1) is 11.3. The molecule has 0 saturated carbocycles. The molecule has 0 radical (unpaired) electrons. The molecule has 23 heavy (non-hydrogen) atoms. The molecule has 7 nitrogen and oxygen atoms in total. The molecule has 1 aromatic carbocycles. The quantitative estimate of drug-likeness (QED) is 0.470. The monoisotopic (exact) mass is 319 g/mol. The maximum atomic E-state index is 5.40. The van der Waals surface area contributed by atoms with E-state index < -0.39 is 0 Å². The Labute approximate surface area is 136 Å². The summed E-state index contributed by atoms with van der Waals surface area (Å²) in [6.45, 7) is 7.84. The van der Waals surface area contributed by atoms with Crippen LogP contribution in [0.1, 0.15) is 19.4 Å². The van der Waals surface area contributed by atoms with Gasteiger partial charge >= 0.3 is 0 Å². The van der Waals surface area contributed by atoms with Gasteiger partial charge in [-0.2, -0.15) is 0 Å². The van der Waals surface area contributed by atoms with Gasteiger partial charge in [0.1, 0.15) is 0 Å². The minimum Gasteiger partial charge on any atom is -0.454 e. The topological polar surface area (TPSA) is 78.9 Å². The highest BCUT2D eigenvalue weighted by Crippen LogP contribution is 2.32. The Bertz CT molecular complexity index is 563. The molecule has 2 aliphatic heterocycles. The Morgan fingerprint density at radius 2 is 2.17 bits per heavy atom. The zero-order valence-corrected chi connectivity index (χ0v) is 13.7. The summed E-state index contributed by atoms with van der Waals surface area (Å²) in [6, 6.07) is 6.40. The lowest BCUT2D eigenvalue weighted by atomic mass is 10.0. The molecule has 126 valence electrons. The average molecular weight is 319 g/mol. The molecule has 0 bridgehead atoms. The summed E-state index contributed by atoms with van der Waals surface area (Å²) in [5.41, 5.74) is 7.52. The average Bonchev–Trinajstić information content (AvgIpc) is 3.18. The zero-order valence-electron chi connectivity index (χ0n) is 13.7. The largest absolute Gasteiger partial charge is 0.454 e. The summed E-state index contributed by atoms with van der Waals surface area (Å²) >= 11 is 0. The lowest BCUT2D eigenvalue weighted by molar-refractivity contribution is 0.174. The molecule has 2 heterocycles. The first kappa shape index (κ1) is 15.9. The predicted molar refractivity (Wildman–Crippen MR) is 89.5 cm³/mol. The second-order valence-electron chi connectivity index (χ2n) is 5.84. The van der Waals surface area contributed by atoms with Crippen LogP contribution in [-0.4, -0.2) is 38.4 Å². The first-order valence-corrected chi connectivity index (χ1v) is 8.15. The molecule has 4 N–H and O–H groups in total. The number of guanidine groups is 1. The van der Waals surface area contributed by atoms with Gasteiger partial charge in [-0.3, -0.25) is 10.9 Å². The van der Waals surface area contributed by atoms with Gasteiger partial charge in [0.15, 0.2) is 17.5 Å². The van der Waals surface area contributed by atoms with E-state index in [1.165, 1.54) is 0 Å². The van der Waals surface area contributed by atoms with Gasteiger partial charge in [0.25, 0.3) is 0 Å². The highest BCUT2D eigenvalue weighted by atomic mass is 16.7. The second-order valence-corrected chi connectivity index (χ2v) is 5.84. The van der Waals surface area contributed by atoms with E-state index in [4.69, 9.17) is 9.47 Å². The third kappa shape index (κ3) is 4.05. The van der Waals surface area contributed by atoms with E-state index in [1.807, 2.05) is 18.2 Å². The van der Waals surface area contributed by atoms with Crippen LogP contribution in [0.4, 0.5) is 0 Å². The Morgan fingerprint density at radius 3 is 2.96 bits per heavy atom. The van der Waals surface area contributed by atoms with Crippen LogP contribution >= 0.6 is 0 Å². The number of fused-ring (bicyclic) bond motifs is 1. The maximum absolute atomic E-state index is 5.40. The van der Waals surface area contributed by atoms with Gasteiger partial charge in [-0.15, -0.1) is 0 Å². The van der Waals surface area contributed by atoms with Gasteiger partial charge in [0.2, 0.25) is 6.79 Å². The summed E-state index contributed by atoms with van der Waals surface area (Å²) in [5.74, 6) is 2.99. The minimum absolute atomic E-state index is 0.299. The van der Waals surface area contributed by atoms with E-state index in [9.17, 15) is 0 Å². The van der Waals surface area contributed by atoms with E-state index in [-0.39, 0.29) is 0 Å². The van der Waals surface area contributed by atoms with Crippen molar-refractivity contribution in [2.45, 2.75) is 26.4 Å². The number of rotatable bonds is 5. The summed E-state index contributed by atoms with van der Waals surface area (Å²) in [5, 5.41) is 6.70. The summed E-state index contributed by atoms with van der Waals surface area (Å²) < 4.78 is 10.7. The van der Waals surface area contributed by atoms with Crippen molar-refractivity contribution < 1.29 is 9.47 Å². The van der Waals surface area contributed by atoms with Gasteiger partial charge in [-0.05, 0) is 31.5 Å². The van der Waals surface area contributed by atoms with Gasteiger partial charge < -0.3 is 20.1 Å². The fourth-order valence-electron chi connectivity index (χ4n) is 2.67. The number of hydrogen-bond donors (Lipinski definition) is 4. The number of benzene rings is 1. The fraction of sp³-hybridized carbons (Fsp3) is 0.562. The Balaban J connectivity index is 1.57. The van der Waals surface area contributed by atoms with Gasteiger partial charge in [0, 0.05) is 31.6 Å². The molecule has 1 saturated heterocycles. The Hall–Kier alpha value is -1.99. The molecule has 2 atom stereocenters. The lowest BCUT2D eigenvalue weighted by Crippen LogP contribution is -2.42. The third-order valence-corrected chi connectivity index (χ3v) is 4.13. The molecule has 2 unspecified atom stereocenters. The van der Waals surface area contributed by atoms with Crippen molar-refractivity contribution in [3.8, 4) is 11.5 Å². The number of ether oxygens (including phenoxy) is 2. The lowest BCUT2D eigenvalue weighted by Gasteiger charge is -2.17. The molecule has 1 aromatic rings. The number of hydrazine groups is 1. The molecule has 0 aliphatic carbocycles. The minimum atomic E-state index is 0.299. The fourth-order valence-corrected chi connectivity index (χ4v) is 2.67. The molecule has 0 aromatic heterocycles. The highest BCUT2D eigenvalue weighted by molar-refractivity contribution is 5.79. The van der Waals surface area contributed by atoms with Gasteiger partial charge in [-0.25, -0.2) is 4.99 Å². The number of hydrogen-bond acceptors (Lipinski definition) is 5. The van der Waals surface area contributed by atoms with E-state index in [0.717, 1.165) is 42.7 Å². The van der Waals surface area contributed by atoms with Crippen LogP contribution in [-0.2, 0) is 6.54 Å². The summed E-state index contributed by atoms with van der Waals surface area (Å²) in [6.07, 6.45) is 0. The molecule has 3 rings (SSSR count). The zero-order chi connectivity index (χ0) is 16.1. The van der Waals surface area contributed by atoms with E-state index in [1.54, 1.807) is 0 Å². The molecule has 7 heteroatoms. The number of nitrogens with one attached hydrogen (secondary N) is 4. The first-order valence-electron chi connectivity index (χ1n) is 8.15. The molecular formula is C16H25N5O2. The number of aliphatic imine (C=N–C) groups is 1. The van der Waals surface area contributed by atoms with Crippen molar-refractivity contribution in [1.29, 1.82) is 0 Å². The smallest absolute Gasteiger partial charge is 0.231 e. The SMILES string of the molecule is CCNC(=NCc1ccc2c(c1)OCO2)NCC1CNNC1C. The van der Waals surface area contributed by atoms with Gasteiger partial charge in [-0.1, -0.05) is 6.07 Å². The van der Waals surface area contributed by atoms with Crippen LogP contribution in [0, 0.1) is 5.92 Å².